The summed E-state index contributed by atoms with van der Waals surface area (Å²) in [5.41, 5.74) is 8.75. The number of benzene rings is 1. The summed E-state index contributed by atoms with van der Waals surface area (Å²) in [4.78, 5) is 4.35. The first-order valence-corrected chi connectivity index (χ1v) is 7.79. The van der Waals surface area contributed by atoms with Crippen molar-refractivity contribution in [2.45, 2.75) is 45.8 Å². The number of thioether (sulfide) groups is 1. The topological polar surface area (TPSA) is 38.4 Å². The fourth-order valence-electron chi connectivity index (χ4n) is 1.58. The summed E-state index contributed by atoms with van der Waals surface area (Å²) >= 11 is 1.61. The standard InChI is InChI=1S/C16H26N2S/c1-12(2)10-18-15(17)19-11-13-6-8-14(9-7-13)16(3,4)5/h6-9,12H,10-11H2,1-5H3,(H2,17,18). The molecule has 2 N–H and O–H groups in total. The Balaban J connectivity index is 2.53. The third-order valence-corrected chi connectivity index (χ3v) is 3.72. The third-order valence-electron chi connectivity index (χ3n) is 2.82. The van der Waals surface area contributed by atoms with E-state index < -0.39 is 0 Å². The van der Waals surface area contributed by atoms with Crippen molar-refractivity contribution in [3.05, 3.63) is 35.4 Å². The van der Waals surface area contributed by atoms with Crippen LogP contribution in [-0.2, 0) is 11.2 Å². The summed E-state index contributed by atoms with van der Waals surface area (Å²) in [6.45, 7) is 11.8. The number of hydrogen-bond donors (Lipinski definition) is 1. The molecule has 0 fully saturated rings. The maximum Gasteiger partial charge on any atom is 0.154 e. The van der Waals surface area contributed by atoms with Crippen molar-refractivity contribution in [1.29, 1.82) is 0 Å². The van der Waals surface area contributed by atoms with E-state index in [0.29, 0.717) is 11.1 Å². The molecule has 1 aromatic rings. The molecule has 1 aromatic carbocycles. The Hall–Kier alpha value is -0.960. The highest BCUT2D eigenvalue weighted by Gasteiger charge is 2.12. The van der Waals surface area contributed by atoms with Gasteiger partial charge in [-0.1, -0.05) is 70.6 Å². The average Bonchev–Trinajstić information content (AvgIpc) is 2.33. The Morgan fingerprint density at radius 1 is 1.21 bits per heavy atom. The van der Waals surface area contributed by atoms with E-state index in [9.17, 15) is 0 Å². The van der Waals surface area contributed by atoms with Crippen LogP contribution >= 0.6 is 11.8 Å². The van der Waals surface area contributed by atoms with Crippen LogP contribution in [0.15, 0.2) is 29.3 Å². The lowest BCUT2D eigenvalue weighted by Crippen LogP contribution is -2.11. The molecule has 0 spiro atoms. The Morgan fingerprint density at radius 2 is 1.79 bits per heavy atom. The van der Waals surface area contributed by atoms with E-state index in [1.807, 2.05) is 0 Å². The Kier molecular flexibility index (Phi) is 5.92. The van der Waals surface area contributed by atoms with Gasteiger partial charge in [0.1, 0.15) is 0 Å². The van der Waals surface area contributed by atoms with Gasteiger partial charge in [0.2, 0.25) is 0 Å². The van der Waals surface area contributed by atoms with Crippen molar-refractivity contribution in [3.63, 3.8) is 0 Å². The molecule has 0 atom stereocenters. The smallest absolute Gasteiger partial charge is 0.154 e. The zero-order valence-electron chi connectivity index (χ0n) is 12.7. The highest BCUT2D eigenvalue weighted by molar-refractivity contribution is 8.13. The Bertz CT molecular complexity index is 413. The quantitative estimate of drug-likeness (QED) is 0.662. The van der Waals surface area contributed by atoms with Gasteiger partial charge in [-0.3, -0.25) is 4.99 Å². The number of aliphatic imine (C=N–C) groups is 1. The highest BCUT2D eigenvalue weighted by atomic mass is 32.2. The molecule has 106 valence electrons. The van der Waals surface area contributed by atoms with E-state index in [-0.39, 0.29) is 5.41 Å². The number of rotatable bonds is 4. The zero-order chi connectivity index (χ0) is 14.5. The molecule has 0 saturated carbocycles. The minimum Gasteiger partial charge on any atom is -0.379 e. The summed E-state index contributed by atoms with van der Waals surface area (Å²) in [5.74, 6) is 1.45. The molecule has 0 aromatic heterocycles. The van der Waals surface area contributed by atoms with Gasteiger partial charge in [0, 0.05) is 12.3 Å². The maximum absolute atomic E-state index is 5.88. The fourth-order valence-corrected chi connectivity index (χ4v) is 2.25. The van der Waals surface area contributed by atoms with E-state index in [1.54, 1.807) is 11.8 Å². The van der Waals surface area contributed by atoms with Gasteiger partial charge < -0.3 is 5.73 Å². The van der Waals surface area contributed by atoms with Crippen LogP contribution < -0.4 is 5.73 Å². The lowest BCUT2D eigenvalue weighted by molar-refractivity contribution is 0.590. The van der Waals surface area contributed by atoms with E-state index in [4.69, 9.17) is 5.73 Å². The van der Waals surface area contributed by atoms with E-state index >= 15 is 0 Å². The molecule has 0 aliphatic carbocycles. The van der Waals surface area contributed by atoms with Gasteiger partial charge >= 0.3 is 0 Å². The molecule has 1 rings (SSSR count). The third kappa shape index (κ3) is 6.15. The minimum absolute atomic E-state index is 0.212. The first-order chi connectivity index (χ1) is 8.79. The van der Waals surface area contributed by atoms with Gasteiger partial charge in [-0.2, -0.15) is 0 Å². The monoisotopic (exact) mass is 278 g/mol. The first-order valence-electron chi connectivity index (χ1n) is 6.81. The second-order valence-electron chi connectivity index (χ2n) is 6.31. The van der Waals surface area contributed by atoms with Crippen LogP contribution in [0.5, 0.6) is 0 Å². The van der Waals surface area contributed by atoms with Crippen molar-refractivity contribution in [2.24, 2.45) is 16.6 Å². The van der Waals surface area contributed by atoms with Gasteiger partial charge in [0.25, 0.3) is 0 Å². The molecule has 0 saturated heterocycles. The summed E-state index contributed by atoms with van der Waals surface area (Å²) in [7, 11) is 0. The molecule has 0 aliphatic rings. The number of nitrogens with two attached hydrogens (primary N) is 1. The first kappa shape index (κ1) is 16.1. The molecular formula is C16H26N2S. The summed E-state index contributed by atoms with van der Waals surface area (Å²) in [6, 6.07) is 8.78. The lowest BCUT2D eigenvalue weighted by Gasteiger charge is -2.19. The molecule has 0 unspecified atom stereocenters. The Labute approximate surface area is 121 Å². The van der Waals surface area contributed by atoms with E-state index in [2.05, 4.69) is 63.9 Å². The van der Waals surface area contributed by atoms with Gasteiger partial charge in [-0.25, -0.2) is 0 Å². The van der Waals surface area contributed by atoms with Crippen molar-refractivity contribution in [1.82, 2.24) is 0 Å². The second kappa shape index (κ2) is 6.99. The summed E-state index contributed by atoms with van der Waals surface area (Å²) < 4.78 is 0. The highest BCUT2D eigenvalue weighted by Crippen LogP contribution is 2.23. The number of hydrogen-bond acceptors (Lipinski definition) is 2. The lowest BCUT2D eigenvalue weighted by atomic mass is 9.87. The fraction of sp³-hybridized carbons (Fsp3) is 0.562. The maximum atomic E-state index is 5.88. The predicted octanol–water partition coefficient (Wildman–Crippen LogP) is 4.19. The summed E-state index contributed by atoms with van der Waals surface area (Å²) in [5, 5.41) is 0.689. The van der Waals surface area contributed by atoms with Crippen LogP contribution in [-0.4, -0.2) is 11.7 Å². The van der Waals surface area contributed by atoms with Gasteiger partial charge in [0.15, 0.2) is 5.17 Å². The molecule has 0 amide bonds. The molecule has 2 nitrogen and oxygen atoms in total. The van der Waals surface area contributed by atoms with Crippen LogP contribution in [0, 0.1) is 5.92 Å². The van der Waals surface area contributed by atoms with Gasteiger partial charge in [-0.15, -0.1) is 0 Å². The van der Waals surface area contributed by atoms with E-state index in [0.717, 1.165) is 12.3 Å². The molecule has 0 heterocycles. The Morgan fingerprint density at radius 3 is 2.26 bits per heavy atom. The SMILES string of the molecule is CC(C)CN=C(N)SCc1ccc(C(C)(C)C)cc1. The second-order valence-corrected chi connectivity index (χ2v) is 7.30. The van der Waals surface area contributed by atoms with Crippen molar-refractivity contribution >= 4 is 16.9 Å². The van der Waals surface area contributed by atoms with Crippen LogP contribution in [0.4, 0.5) is 0 Å². The minimum atomic E-state index is 0.212. The van der Waals surface area contributed by atoms with E-state index in [1.165, 1.54) is 11.1 Å². The molecule has 0 bridgehead atoms. The molecular weight excluding hydrogens is 252 g/mol. The number of amidine groups is 1. The molecule has 0 radical (unpaired) electrons. The van der Waals surface area contributed by atoms with Crippen LogP contribution in [0.1, 0.15) is 45.7 Å². The molecule has 19 heavy (non-hydrogen) atoms. The number of nitrogens with zero attached hydrogens (tertiary/aromatic N) is 1. The van der Waals surface area contributed by atoms with Crippen LogP contribution in [0.2, 0.25) is 0 Å². The van der Waals surface area contributed by atoms with Gasteiger partial charge in [-0.05, 0) is 22.5 Å². The molecule has 3 heteroatoms. The normalized spacial score (nSPS) is 13.1. The summed E-state index contributed by atoms with van der Waals surface area (Å²) in [6.07, 6.45) is 0. The zero-order valence-corrected chi connectivity index (χ0v) is 13.6. The van der Waals surface area contributed by atoms with Gasteiger partial charge in [0.05, 0.1) is 0 Å². The predicted molar refractivity (Wildman–Crippen MR) is 87.8 cm³/mol. The van der Waals surface area contributed by atoms with Crippen molar-refractivity contribution in [2.75, 3.05) is 6.54 Å². The van der Waals surface area contributed by atoms with Crippen LogP contribution in [0.3, 0.4) is 0 Å². The molecule has 0 aliphatic heterocycles. The van der Waals surface area contributed by atoms with Crippen molar-refractivity contribution < 1.29 is 0 Å². The largest absolute Gasteiger partial charge is 0.379 e. The average molecular weight is 278 g/mol. The van der Waals surface area contributed by atoms with Crippen LogP contribution in [0.25, 0.3) is 0 Å². The van der Waals surface area contributed by atoms with Crippen molar-refractivity contribution in [3.8, 4) is 0 Å².